The van der Waals surface area contributed by atoms with Crippen molar-refractivity contribution in [1.29, 1.82) is 0 Å². The van der Waals surface area contributed by atoms with Gasteiger partial charge in [-0.15, -0.1) is 11.8 Å². The summed E-state index contributed by atoms with van der Waals surface area (Å²) in [6, 6.07) is 0. The molecule has 2 heterocycles. The number of fused-ring (bicyclic) bond motifs is 1. The second kappa shape index (κ2) is 5.04. The van der Waals surface area contributed by atoms with E-state index >= 15 is 0 Å². The van der Waals surface area contributed by atoms with Crippen LogP contribution in [-0.2, 0) is 25.3 Å². The van der Waals surface area contributed by atoms with Crippen LogP contribution < -0.4 is 11.2 Å². The van der Waals surface area contributed by atoms with E-state index in [-0.39, 0.29) is 12.0 Å². The van der Waals surface area contributed by atoms with Crippen LogP contribution in [0.3, 0.4) is 0 Å². The molecule has 1 N–H and O–H groups in total. The summed E-state index contributed by atoms with van der Waals surface area (Å²) in [6.45, 7) is 0. The molecule has 0 fully saturated rings. The van der Waals surface area contributed by atoms with Gasteiger partial charge >= 0.3 is 11.7 Å². The van der Waals surface area contributed by atoms with Gasteiger partial charge in [0.2, 0.25) is 0 Å². The average Bonchev–Trinajstić information content (AvgIpc) is 2.77. The van der Waals surface area contributed by atoms with Gasteiger partial charge in [-0.1, -0.05) is 0 Å². The summed E-state index contributed by atoms with van der Waals surface area (Å²) in [5.41, 5.74) is -0.262. The Kier molecular flexibility index (Phi) is 3.61. The van der Waals surface area contributed by atoms with Crippen molar-refractivity contribution < 1.29 is 9.90 Å². The van der Waals surface area contributed by atoms with Crippen molar-refractivity contribution in [2.75, 3.05) is 5.75 Å². The smallest absolute Gasteiger partial charge is 0.332 e. The van der Waals surface area contributed by atoms with Gasteiger partial charge in [-0.2, -0.15) is 0 Å². The Hall–Kier alpha value is -1.83. The monoisotopic (exact) mass is 283 g/mol. The molecule has 0 atom stereocenters. The molecule has 2 rings (SSSR count). The first-order chi connectivity index (χ1) is 8.91. The second-order valence-corrected chi connectivity index (χ2v) is 5.35. The number of carboxylic acids is 1. The first kappa shape index (κ1) is 13.6. The minimum Gasteiger partial charge on any atom is -0.481 e. The zero-order chi connectivity index (χ0) is 14.2. The molecule has 0 radical (unpaired) electrons. The van der Waals surface area contributed by atoms with E-state index in [0.29, 0.717) is 28.6 Å². The fourth-order valence-corrected chi connectivity index (χ4v) is 2.76. The van der Waals surface area contributed by atoms with Crippen molar-refractivity contribution >= 4 is 28.6 Å². The van der Waals surface area contributed by atoms with Crippen molar-refractivity contribution in [2.24, 2.45) is 19.1 Å². The summed E-state index contributed by atoms with van der Waals surface area (Å²) < 4.78 is 2.39. The van der Waals surface area contributed by atoms with Gasteiger partial charge in [-0.05, 0) is 0 Å². The molecule has 0 bridgehead atoms. The quantitative estimate of drug-likeness (QED) is 0.834. The minimum atomic E-state index is -0.869. The van der Waals surface area contributed by atoms with Crippen LogP contribution in [0.5, 0.6) is 0 Å². The number of aliphatic carboxylic acids is 1. The van der Waals surface area contributed by atoms with E-state index in [2.05, 4.69) is 4.99 Å². The van der Waals surface area contributed by atoms with Crippen molar-refractivity contribution in [2.45, 2.75) is 12.8 Å². The van der Waals surface area contributed by atoms with E-state index in [4.69, 9.17) is 5.11 Å². The Morgan fingerprint density at radius 1 is 1.37 bits per heavy atom. The third kappa shape index (κ3) is 2.48. The summed E-state index contributed by atoms with van der Waals surface area (Å²) in [4.78, 5) is 38.3. The minimum absolute atomic E-state index is 0.0387. The first-order valence-electron chi connectivity index (χ1n) is 5.63. The molecule has 1 aromatic heterocycles. The Balaban J connectivity index is 2.27. The van der Waals surface area contributed by atoms with Crippen molar-refractivity contribution in [3.63, 3.8) is 0 Å². The fraction of sp³-hybridized carbons (Fsp3) is 0.455. The van der Waals surface area contributed by atoms with E-state index in [9.17, 15) is 14.4 Å². The lowest BCUT2D eigenvalue weighted by Gasteiger charge is -2.05. The molecule has 0 aliphatic carbocycles. The standard InChI is InChI=1S/C11H13N3O4S/c1-13-9-6(10(17)14(2)11(13)18)5-7(12-9)19-4-3-8(15)16/h3-5H2,1-2H3,(H,15,16). The summed E-state index contributed by atoms with van der Waals surface area (Å²) in [5, 5.41) is 9.25. The molecule has 1 aliphatic rings. The zero-order valence-electron chi connectivity index (χ0n) is 10.5. The molecule has 0 saturated heterocycles. The average molecular weight is 283 g/mol. The van der Waals surface area contributed by atoms with E-state index < -0.39 is 11.7 Å². The van der Waals surface area contributed by atoms with Gasteiger partial charge in [0, 0.05) is 26.3 Å². The Morgan fingerprint density at radius 2 is 2.05 bits per heavy atom. The maximum absolute atomic E-state index is 11.9. The molecule has 8 heteroatoms. The van der Waals surface area contributed by atoms with Gasteiger partial charge in [0.1, 0.15) is 5.82 Å². The SMILES string of the molecule is Cn1c2c(c(=O)n(C)c1=O)CC(SCCC(=O)O)=N2. The van der Waals surface area contributed by atoms with Gasteiger partial charge in [0.15, 0.2) is 0 Å². The Bertz CT molecular complexity index is 686. The fourth-order valence-electron chi connectivity index (χ4n) is 1.85. The third-order valence-corrected chi connectivity index (χ3v) is 3.84. The van der Waals surface area contributed by atoms with Crippen molar-refractivity contribution in [3.8, 4) is 0 Å². The normalized spacial score (nSPS) is 13.3. The largest absolute Gasteiger partial charge is 0.481 e. The molecule has 0 aromatic carbocycles. The molecule has 0 saturated carbocycles. The highest BCUT2D eigenvalue weighted by molar-refractivity contribution is 8.14. The number of aliphatic imine (C=N–C) groups is 1. The van der Waals surface area contributed by atoms with Crippen LogP contribution in [0, 0.1) is 0 Å². The number of aromatic nitrogens is 2. The van der Waals surface area contributed by atoms with Crippen LogP contribution >= 0.6 is 11.8 Å². The van der Waals surface area contributed by atoms with Crippen LogP contribution in [0.1, 0.15) is 12.0 Å². The maximum atomic E-state index is 11.9. The van der Waals surface area contributed by atoms with Gasteiger partial charge in [0.05, 0.1) is 17.0 Å². The summed E-state index contributed by atoms with van der Waals surface area (Å²) in [6.07, 6.45) is 0.400. The lowest BCUT2D eigenvalue weighted by molar-refractivity contribution is -0.136. The predicted octanol–water partition coefficient (Wildman–Crippen LogP) is -0.122. The van der Waals surface area contributed by atoms with E-state index in [1.54, 1.807) is 7.05 Å². The van der Waals surface area contributed by atoms with Crippen LogP contribution in [0.15, 0.2) is 14.6 Å². The molecule has 7 nitrogen and oxygen atoms in total. The zero-order valence-corrected chi connectivity index (χ0v) is 11.4. The molecule has 1 aromatic rings. The number of rotatable bonds is 3. The van der Waals surface area contributed by atoms with Gasteiger partial charge in [-0.3, -0.25) is 18.7 Å². The molecule has 19 heavy (non-hydrogen) atoms. The van der Waals surface area contributed by atoms with E-state index in [1.165, 1.54) is 23.4 Å². The third-order valence-electron chi connectivity index (χ3n) is 2.87. The van der Waals surface area contributed by atoms with E-state index in [1.807, 2.05) is 0 Å². The highest BCUT2D eigenvalue weighted by Gasteiger charge is 2.23. The topological polar surface area (TPSA) is 93.7 Å². The highest BCUT2D eigenvalue weighted by Crippen LogP contribution is 2.26. The molecule has 102 valence electrons. The number of carboxylic acid groups (broad SMARTS) is 1. The number of carbonyl (C=O) groups is 1. The van der Waals surface area contributed by atoms with Crippen LogP contribution in [0.2, 0.25) is 0 Å². The number of hydrogen-bond acceptors (Lipinski definition) is 5. The second-order valence-electron chi connectivity index (χ2n) is 4.18. The molecule has 0 amide bonds. The number of hydrogen-bond donors (Lipinski definition) is 1. The van der Waals surface area contributed by atoms with Crippen LogP contribution in [-0.4, -0.2) is 31.0 Å². The van der Waals surface area contributed by atoms with Crippen molar-refractivity contribution in [1.82, 2.24) is 9.13 Å². The molecule has 0 spiro atoms. The Labute approximate surface area is 112 Å². The lowest BCUT2D eigenvalue weighted by atomic mass is 10.2. The molecular formula is C11H13N3O4S. The summed E-state index contributed by atoms with van der Waals surface area (Å²) >= 11 is 1.30. The van der Waals surface area contributed by atoms with Gasteiger partial charge < -0.3 is 5.11 Å². The maximum Gasteiger partial charge on any atom is 0.332 e. The Morgan fingerprint density at radius 3 is 2.68 bits per heavy atom. The van der Waals surface area contributed by atoms with Crippen molar-refractivity contribution in [3.05, 3.63) is 26.4 Å². The van der Waals surface area contributed by atoms with Crippen LogP contribution in [0.4, 0.5) is 5.82 Å². The number of nitrogens with zero attached hydrogens (tertiary/aromatic N) is 3. The molecule has 0 unspecified atom stereocenters. The first-order valence-corrected chi connectivity index (χ1v) is 6.61. The van der Waals surface area contributed by atoms with E-state index in [0.717, 1.165) is 4.57 Å². The summed E-state index contributed by atoms with van der Waals surface area (Å²) in [7, 11) is 3.00. The van der Waals surface area contributed by atoms with Crippen LogP contribution in [0.25, 0.3) is 0 Å². The predicted molar refractivity (Wildman–Crippen MR) is 72.4 cm³/mol. The molecular weight excluding hydrogens is 270 g/mol. The lowest BCUT2D eigenvalue weighted by Crippen LogP contribution is -2.38. The summed E-state index contributed by atoms with van der Waals surface area (Å²) in [5.74, 6) is -0.0889. The van der Waals surface area contributed by atoms with Gasteiger partial charge in [0.25, 0.3) is 5.56 Å². The van der Waals surface area contributed by atoms with Gasteiger partial charge in [-0.25, -0.2) is 9.79 Å². The molecule has 1 aliphatic heterocycles. The number of thioether (sulfide) groups is 1. The highest BCUT2D eigenvalue weighted by atomic mass is 32.2.